The van der Waals surface area contributed by atoms with Gasteiger partial charge in [0, 0.05) is 30.8 Å². The van der Waals surface area contributed by atoms with Crippen molar-refractivity contribution in [2.75, 3.05) is 6.54 Å². The molecule has 1 aromatic heterocycles. The highest BCUT2D eigenvalue weighted by Crippen LogP contribution is 2.42. The van der Waals surface area contributed by atoms with Crippen molar-refractivity contribution >= 4 is 6.09 Å². The first-order chi connectivity index (χ1) is 16.5. The molecular weight excluding hydrogens is 443 g/mol. The number of benzene rings is 2. The average molecular weight is 477 g/mol. The Morgan fingerprint density at radius 3 is 2.20 bits per heavy atom. The number of carbonyl (C=O) groups is 1. The smallest absolute Gasteiger partial charge is 0.411 e. The van der Waals surface area contributed by atoms with Gasteiger partial charge in [-0.15, -0.1) is 0 Å². The zero-order valence-electron chi connectivity index (χ0n) is 21.0. The van der Waals surface area contributed by atoms with E-state index in [0.29, 0.717) is 18.5 Å². The van der Waals surface area contributed by atoms with Crippen LogP contribution >= 0.6 is 0 Å². The molecule has 1 aliphatic rings. The fourth-order valence-electron chi connectivity index (χ4n) is 5.04. The number of amides is 1. The van der Waals surface area contributed by atoms with E-state index in [4.69, 9.17) is 4.74 Å². The van der Waals surface area contributed by atoms with Crippen LogP contribution in [0.3, 0.4) is 0 Å². The van der Waals surface area contributed by atoms with Gasteiger partial charge in [0.25, 0.3) is 0 Å². The molecule has 1 saturated heterocycles. The molecule has 4 rings (SSSR count). The summed E-state index contributed by atoms with van der Waals surface area (Å²) in [5.41, 5.74) is 3.77. The van der Waals surface area contributed by atoms with Gasteiger partial charge in [-0.05, 0) is 81.1 Å². The normalized spacial score (nSPS) is 19.4. The molecule has 6 heteroatoms. The highest BCUT2D eigenvalue weighted by atomic mass is 19.1. The summed E-state index contributed by atoms with van der Waals surface area (Å²) >= 11 is 0. The van der Waals surface area contributed by atoms with E-state index in [-0.39, 0.29) is 18.3 Å². The molecule has 0 aliphatic carbocycles. The highest BCUT2D eigenvalue weighted by Gasteiger charge is 2.46. The molecule has 0 bridgehead atoms. The van der Waals surface area contributed by atoms with Crippen LogP contribution in [-0.4, -0.2) is 33.2 Å². The van der Waals surface area contributed by atoms with Crippen LogP contribution in [0, 0.1) is 19.7 Å². The monoisotopic (exact) mass is 476 g/mol. The lowest BCUT2D eigenvalue weighted by Gasteiger charge is -2.45. The SMILES string of the molecule is Cc1cc(-c2ccc([C@H](C)N3CC[C@](CC(C)(C)O)(c4ccc(F)cc4)OC3=O)cc2)cc(C)n1. The summed E-state index contributed by atoms with van der Waals surface area (Å²) in [6.45, 7) is 9.79. The third kappa shape index (κ3) is 5.54. The number of rotatable bonds is 6. The van der Waals surface area contributed by atoms with Crippen molar-refractivity contribution in [3.05, 3.63) is 89.0 Å². The lowest BCUT2D eigenvalue weighted by atomic mass is 9.80. The van der Waals surface area contributed by atoms with Crippen LogP contribution in [0.25, 0.3) is 11.1 Å². The van der Waals surface area contributed by atoms with Crippen LogP contribution in [-0.2, 0) is 10.3 Å². The van der Waals surface area contributed by atoms with E-state index in [1.54, 1.807) is 30.9 Å². The van der Waals surface area contributed by atoms with Gasteiger partial charge < -0.3 is 14.7 Å². The number of carbonyl (C=O) groups excluding carboxylic acids is 1. The quantitative estimate of drug-likeness (QED) is 0.443. The maximum atomic E-state index is 13.6. The Morgan fingerprint density at radius 1 is 1.06 bits per heavy atom. The summed E-state index contributed by atoms with van der Waals surface area (Å²) in [7, 11) is 0. The van der Waals surface area contributed by atoms with Gasteiger partial charge in [0.2, 0.25) is 0 Å². The lowest BCUT2D eigenvalue weighted by Crippen LogP contribution is -2.51. The number of aliphatic hydroxyl groups is 1. The average Bonchev–Trinajstić information content (AvgIpc) is 2.77. The second-order valence-electron chi connectivity index (χ2n) is 10.2. The fraction of sp³-hybridized carbons (Fsp3) is 0.379. The Hall–Kier alpha value is -3.25. The number of aromatic nitrogens is 1. The van der Waals surface area contributed by atoms with Gasteiger partial charge in [-0.25, -0.2) is 9.18 Å². The van der Waals surface area contributed by atoms with Crippen LogP contribution < -0.4 is 0 Å². The third-order valence-electron chi connectivity index (χ3n) is 6.64. The number of halogens is 1. The molecule has 184 valence electrons. The minimum atomic E-state index is -1.07. The molecule has 1 N–H and O–H groups in total. The van der Waals surface area contributed by atoms with Crippen LogP contribution in [0.2, 0.25) is 0 Å². The molecule has 0 saturated carbocycles. The number of ether oxygens (including phenoxy) is 1. The number of cyclic esters (lactones) is 1. The van der Waals surface area contributed by atoms with Gasteiger partial charge in [0.1, 0.15) is 11.4 Å². The van der Waals surface area contributed by atoms with Crippen molar-refractivity contribution in [3.63, 3.8) is 0 Å². The Bertz CT molecular complexity index is 1180. The summed E-state index contributed by atoms with van der Waals surface area (Å²) in [4.78, 5) is 19.4. The highest BCUT2D eigenvalue weighted by molar-refractivity contribution is 5.70. The topological polar surface area (TPSA) is 62.7 Å². The molecule has 0 radical (unpaired) electrons. The number of aryl methyl sites for hydroxylation is 2. The van der Waals surface area contributed by atoms with Gasteiger partial charge in [-0.2, -0.15) is 0 Å². The minimum Gasteiger partial charge on any atom is -0.438 e. The summed E-state index contributed by atoms with van der Waals surface area (Å²) in [5.74, 6) is -0.356. The van der Waals surface area contributed by atoms with Crippen LogP contribution in [0.15, 0.2) is 60.7 Å². The number of hydrogen-bond acceptors (Lipinski definition) is 4. The molecule has 0 unspecified atom stereocenters. The van der Waals surface area contributed by atoms with Crippen molar-refractivity contribution in [1.29, 1.82) is 0 Å². The molecule has 3 aromatic rings. The maximum absolute atomic E-state index is 13.6. The number of hydrogen-bond donors (Lipinski definition) is 1. The van der Waals surface area contributed by atoms with Gasteiger partial charge >= 0.3 is 6.09 Å². The van der Waals surface area contributed by atoms with E-state index in [9.17, 15) is 14.3 Å². The van der Waals surface area contributed by atoms with Crippen molar-refractivity contribution in [3.8, 4) is 11.1 Å². The predicted octanol–water partition coefficient (Wildman–Crippen LogP) is 6.46. The van der Waals surface area contributed by atoms with Gasteiger partial charge in [0.05, 0.1) is 11.6 Å². The molecule has 1 aliphatic heterocycles. The first-order valence-electron chi connectivity index (χ1n) is 12.0. The Kier molecular flexibility index (Phi) is 6.69. The molecule has 5 nitrogen and oxygen atoms in total. The fourth-order valence-corrected chi connectivity index (χ4v) is 5.04. The van der Waals surface area contributed by atoms with Gasteiger partial charge in [-0.3, -0.25) is 4.98 Å². The van der Waals surface area contributed by atoms with Crippen LogP contribution in [0.4, 0.5) is 9.18 Å². The number of pyridine rings is 1. The summed E-state index contributed by atoms with van der Waals surface area (Å²) in [6, 6.07) is 18.1. The Balaban J connectivity index is 1.55. The van der Waals surface area contributed by atoms with Crippen molar-refractivity contribution in [2.45, 2.75) is 64.7 Å². The standard InChI is InChI=1S/C29H33FN2O3/c1-19-16-24(17-20(2)31-19)23-8-6-22(7-9-23)21(3)32-15-14-29(35-27(32)33,18-28(4,5)34)25-10-12-26(30)13-11-25/h6-13,16-17,21,34H,14-15,18H2,1-5H3/t21-,29-/m0/s1. The zero-order valence-corrected chi connectivity index (χ0v) is 21.0. The van der Waals surface area contributed by atoms with E-state index >= 15 is 0 Å². The molecule has 2 atom stereocenters. The molecule has 2 aromatic carbocycles. The largest absolute Gasteiger partial charge is 0.438 e. The van der Waals surface area contributed by atoms with E-state index < -0.39 is 17.3 Å². The summed E-state index contributed by atoms with van der Waals surface area (Å²) < 4.78 is 19.6. The van der Waals surface area contributed by atoms with E-state index in [1.165, 1.54) is 12.1 Å². The Labute approximate surface area is 206 Å². The van der Waals surface area contributed by atoms with Crippen molar-refractivity contribution in [1.82, 2.24) is 9.88 Å². The van der Waals surface area contributed by atoms with Crippen molar-refractivity contribution in [2.24, 2.45) is 0 Å². The van der Waals surface area contributed by atoms with E-state index in [0.717, 1.165) is 28.1 Å². The number of nitrogens with zero attached hydrogens (tertiary/aromatic N) is 2. The Morgan fingerprint density at radius 2 is 1.66 bits per heavy atom. The molecule has 1 fully saturated rings. The van der Waals surface area contributed by atoms with Gasteiger partial charge in [0.15, 0.2) is 0 Å². The second-order valence-corrected chi connectivity index (χ2v) is 10.2. The second kappa shape index (κ2) is 9.42. The molecule has 35 heavy (non-hydrogen) atoms. The van der Waals surface area contributed by atoms with Gasteiger partial charge in [-0.1, -0.05) is 36.4 Å². The summed E-state index contributed by atoms with van der Waals surface area (Å²) in [6.07, 6.45) is 0.271. The lowest BCUT2D eigenvalue weighted by molar-refractivity contribution is -0.101. The first-order valence-corrected chi connectivity index (χ1v) is 12.0. The predicted molar refractivity (Wildman–Crippen MR) is 134 cm³/mol. The third-order valence-corrected chi connectivity index (χ3v) is 6.64. The minimum absolute atomic E-state index is 0.189. The molecular formula is C29H33FN2O3. The zero-order chi connectivity index (χ0) is 25.4. The molecule has 0 spiro atoms. The molecule has 2 heterocycles. The van der Waals surface area contributed by atoms with Crippen LogP contribution in [0.5, 0.6) is 0 Å². The van der Waals surface area contributed by atoms with Crippen molar-refractivity contribution < 1.29 is 19.0 Å². The summed E-state index contributed by atoms with van der Waals surface area (Å²) in [5, 5.41) is 10.6. The molecule has 1 amide bonds. The first kappa shape index (κ1) is 24.9. The van der Waals surface area contributed by atoms with E-state index in [2.05, 4.69) is 29.2 Å². The van der Waals surface area contributed by atoms with E-state index in [1.807, 2.05) is 32.9 Å². The van der Waals surface area contributed by atoms with Crippen LogP contribution in [0.1, 0.15) is 62.2 Å². The maximum Gasteiger partial charge on any atom is 0.411 e.